The summed E-state index contributed by atoms with van der Waals surface area (Å²) in [5.74, 6) is 0.410. The minimum Gasteiger partial charge on any atom is -0.330 e. The Morgan fingerprint density at radius 1 is 1.39 bits per heavy atom. The minimum absolute atomic E-state index is 0.00516. The number of carbonyl (C=O) groups excluding carboxylic acids is 1. The third-order valence-electron chi connectivity index (χ3n) is 2.77. The van der Waals surface area contributed by atoms with Crippen molar-refractivity contribution in [3.05, 3.63) is 29.8 Å². The molecule has 1 aromatic rings. The Morgan fingerprint density at radius 2 is 2.00 bits per heavy atom. The monoisotopic (exact) mass is 249 g/mol. The lowest BCUT2D eigenvalue weighted by Crippen LogP contribution is -2.34. The van der Waals surface area contributed by atoms with Gasteiger partial charge in [0.2, 0.25) is 5.91 Å². The maximum atomic E-state index is 11.8. The van der Waals surface area contributed by atoms with Gasteiger partial charge in [-0.15, -0.1) is 0 Å². The molecule has 1 rings (SSSR count). The fourth-order valence-corrected chi connectivity index (χ4v) is 1.75. The van der Waals surface area contributed by atoms with E-state index in [4.69, 9.17) is 5.73 Å². The van der Waals surface area contributed by atoms with Crippen LogP contribution in [0.25, 0.3) is 0 Å². The number of likely N-dealkylation sites (N-methyl/N-ethyl adjacent to an activating group) is 1. The fourth-order valence-electron chi connectivity index (χ4n) is 1.75. The Kier molecular flexibility index (Phi) is 5.82. The zero-order chi connectivity index (χ0) is 13.5. The van der Waals surface area contributed by atoms with Crippen molar-refractivity contribution in [2.75, 3.05) is 32.0 Å². The SMILES string of the molecule is Cc1ccc(NC(=O)CN(C)CC(C)CN)cc1. The summed E-state index contributed by atoms with van der Waals surface area (Å²) in [5.41, 5.74) is 7.58. The first kappa shape index (κ1) is 14.7. The molecule has 4 nitrogen and oxygen atoms in total. The van der Waals surface area contributed by atoms with Crippen LogP contribution in [0, 0.1) is 12.8 Å². The molecule has 1 amide bonds. The second-order valence-electron chi connectivity index (χ2n) is 4.95. The Labute approximate surface area is 109 Å². The first-order chi connectivity index (χ1) is 8.51. The van der Waals surface area contributed by atoms with Gasteiger partial charge in [-0.05, 0) is 38.6 Å². The highest BCUT2D eigenvalue weighted by Gasteiger charge is 2.09. The van der Waals surface area contributed by atoms with Gasteiger partial charge in [0.1, 0.15) is 0 Å². The smallest absolute Gasteiger partial charge is 0.238 e. The van der Waals surface area contributed by atoms with Crippen LogP contribution in [0.15, 0.2) is 24.3 Å². The lowest BCUT2D eigenvalue weighted by Gasteiger charge is -2.19. The van der Waals surface area contributed by atoms with E-state index in [1.165, 1.54) is 5.56 Å². The van der Waals surface area contributed by atoms with Crippen molar-refractivity contribution in [3.8, 4) is 0 Å². The number of rotatable bonds is 6. The number of nitrogens with zero attached hydrogens (tertiary/aromatic N) is 1. The number of hydrogen-bond donors (Lipinski definition) is 2. The largest absolute Gasteiger partial charge is 0.330 e. The molecule has 4 heteroatoms. The van der Waals surface area contributed by atoms with Crippen LogP contribution in [0.3, 0.4) is 0 Å². The van der Waals surface area contributed by atoms with Gasteiger partial charge in [0, 0.05) is 12.2 Å². The molecule has 0 bridgehead atoms. The molecule has 3 N–H and O–H groups in total. The molecule has 0 aliphatic rings. The van der Waals surface area contributed by atoms with Gasteiger partial charge in [0.15, 0.2) is 0 Å². The molecular weight excluding hydrogens is 226 g/mol. The first-order valence-corrected chi connectivity index (χ1v) is 6.26. The number of carbonyl (C=O) groups is 1. The van der Waals surface area contributed by atoms with E-state index in [1.54, 1.807) is 0 Å². The number of aryl methyl sites for hydroxylation is 1. The van der Waals surface area contributed by atoms with E-state index in [-0.39, 0.29) is 5.91 Å². The summed E-state index contributed by atoms with van der Waals surface area (Å²) in [4.78, 5) is 13.8. The van der Waals surface area contributed by atoms with Crippen molar-refractivity contribution in [1.29, 1.82) is 0 Å². The van der Waals surface area contributed by atoms with Gasteiger partial charge < -0.3 is 11.1 Å². The van der Waals surface area contributed by atoms with Gasteiger partial charge >= 0.3 is 0 Å². The summed E-state index contributed by atoms with van der Waals surface area (Å²) in [5, 5.41) is 2.88. The van der Waals surface area contributed by atoms with Gasteiger partial charge in [-0.25, -0.2) is 0 Å². The summed E-state index contributed by atoms with van der Waals surface area (Å²) in [6.07, 6.45) is 0. The molecule has 0 saturated heterocycles. The number of benzene rings is 1. The second-order valence-corrected chi connectivity index (χ2v) is 4.95. The van der Waals surface area contributed by atoms with Crippen LogP contribution in [0.1, 0.15) is 12.5 Å². The number of anilines is 1. The van der Waals surface area contributed by atoms with Crippen LogP contribution in [0.5, 0.6) is 0 Å². The van der Waals surface area contributed by atoms with Crippen molar-refractivity contribution in [2.45, 2.75) is 13.8 Å². The predicted molar refractivity (Wildman–Crippen MR) is 75.5 cm³/mol. The van der Waals surface area contributed by atoms with Gasteiger partial charge in [-0.1, -0.05) is 24.6 Å². The molecule has 0 fully saturated rings. The summed E-state index contributed by atoms with van der Waals surface area (Å²) in [7, 11) is 1.93. The summed E-state index contributed by atoms with van der Waals surface area (Å²) in [6, 6.07) is 7.79. The average Bonchev–Trinajstić information content (AvgIpc) is 2.31. The highest BCUT2D eigenvalue weighted by Crippen LogP contribution is 2.08. The van der Waals surface area contributed by atoms with E-state index in [0.29, 0.717) is 19.0 Å². The maximum absolute atomic E-state index is 11.8. The van der Waals surface area contributed by atoms with Gasteiger partial charge in [0.05, 0.1) is 6.54 Å². The second kappa shape index (κ2) is 7.13. The molecular formula is C14H23N3O. The molecule has 0 aliphatic carbocycles. The lowest BCUT2D eigenvalue weighted by molar-refractivity contribution is -0.117. The quantitative estimate of drug-likeness (QED) is 0.802. The molecule has 0 saturated carbocycles. The lowest BCUT2D eigenvalue weighted by atomic mass is 10.2. The summed E-state index contributed by atoms with van der Waals surface area (Å²) in [6.45, 7) is 5.96. The zero-order valence-electron chi connectivity index (χ0n) is 11.4. The molecule has 0 aliphatic heterocycles. The van der Waals surface area contributed by atoms with Crippen LogP contribution >= 0.6 is 0 Å². The van der Waals surface area contributed by atoms with E-state index in [9.17, 15) is 4.79 Å². The van der Waals surface area contributed by atoms with E-state index in [1.807, 2.05) is 43.1 Å². The Morgan fingerprint density at radius 3 is 2.56 bits per heavy atom. The summed E-state index contributed by atoms with van der Waals surface area (Å²) < 4.78 is 0. The number of hydrogen-bond acceptors (Lipinski definition) is 3. The van der Waals surface area contributed by atoms with Crippen molar-refractivity contribution >= 4 is 11.6 Å². The van der Waals surface area contributed by atoms with Crippen molar-refractivity contribution in [1.82, 2.24) is 4.90 Å². The molecule has 1 aromatic carbocycles. The number of nitrogens with one attached hydrogen (secondary N) is 1. The van der Waals surface area contributed by atoms with Crippen LogP contribution in [-0.2, 0) is 4.79 Å². The molecule has 18 heavy (non-hydrogen) atoms. The molecule has 100 valence electrons. The van der Waals surface area contributed by atoms with Gasteiger partial charge in [-0.3, -0.25) is 9.69 Å². The molecule has 1 unspecified atom stereocenters. The van der Waals surface area contributed by atoms with Gasteiger partial charge in [-0.2, -0.15) is 0 Å². The van der Waals surface area contributed by atoms with Crippen molar-refractivity contribution in [3.63, 3.8) is 0 Å². The molecule has 1 atom stereocenters. The standard InChI is InChI=1S/C14H23N3O/c1-11-4-6-13(7-5-11)16-14(18)10-17(3)9-12(2)8-15/h4-7,12H,8-10,15H2,1-3H3,(H,16,18). The van der Waals surface area contributed by atoms with E-state index < -0.39 is 0 Å². The van der Waals surface area contributed by atoms with E-state index in [0.717, 1.165) is 12.2 Å². The number of nitrogens with two attached hydrogens (primary N) is 1. The third-order valence-corrected chi connectivity index (χ3v) is 2.77. The van der Waals surface area contributed by atoms with E-state index >= 15 is 0 Å². The molecule has 0 radical (unpaired) electrons. The highest BCUT2D eigenvalue weighted by atomic mass is 16.2. The Bertz CT molecular complexity index is 375. The molecule has 0 spiro atoms. The van der Waals surface area contributed by atoms with Crippen LogP contribution < -0.4 is 11.1 Å². The van der Waals surface area contributed by atoms with Crippen molar-refractivity contribution in [2.24, 2.45) is 11.7 Å². The number of amides is 1. The maximum Gasteiger partial charge on any atom is 0.238 e. The zero-order valence-corrected chi connectivity index (χ0v) is 11.4. The predicted octanol–water partition coefficient (Wildman–Crippen LogP) is 1.46. The third kappa shape index (κ3) is 5.29. The van der Waals surface area contributed by atoms with Crippen LogP contribution in [0.4, 0.5) is 5.69 Å². The van der Waals surface area contributed by atoms with Crippen LogP contribution in [0.2, 0.25) is 0 Å². The summed E-state index contributed by atoms with van der Waals surface area (Å²) >= 11 is 0. The normalized spacial score (nSPS) is 12.5. The Balaban J connectivity index is 2.39. The Hall–Kier alpha value is -1.39. The van der Waals surface area contributed by atoms with Gasteiger partial charge in [0.25, 0.3) is 0 Å². The fraction of sp³-hybridized carbons (Fsp3) is 0.500. The van der Waals surface area contributed by atoms with Crippen molar-refractivity contribution < 1.29 is 4.79 Å². The molecule has 0 aromatic heterocycles. The van der Waals surface area contributed by atoms with E-state index in [2.05, 4.69) is 12.2 Å². The topological polar surface area (TPSA) is 58.4 Å². The first-order valence-electron chi connectivity index (χ1n) is 6.26. The molecule has 0 heterocycles. The average molecular weight is 249 g/mol. The minimum atomic E-state index is 0.00516. The van der Waals surface area contributed by atoms with Crippen LogP contribution in [-0.4, -0.2) is 37.5 Å². The highest BCUT2D eigenvalue weighted by molar-refractivity contribution is 5.92.